The lowest BCUT2D eigenvalue weighted by Gasteiger charge is -2.18. The Kier molecular flexibility index (Phi) is 13.3. The maximum Gasteiger partial charge on any atom is 0.412 e. The van der Waals surface area contributed by atoms with Gasteiger partial charge in [0.05, 0.1) is 12.8 Å². The fraction of sp³-hybridized carbons (Fsp3) is 0.195. The molecule has 1 heterocycles. The highest BCUT2D eigenvalue weighted by molar-refractivity contribution is 7.99. The van der Waals surface area contributed by atoms with Gasteiger partial charge >= 0.3 is 6.09 Å². The number of nitrogens with one attached hydrogen (secondary N) is 1. The third-order valence-corrected chi connectivity index (χ3v) is 9.09. The molecule has 1 N–H and O–H groups in total. The summed E-state index contributed by atoms with van der Waals surface area (Å²) in [5.41, 5.74) is 10.5. The van der Waals surface area contributed by atoms with Crippen LogP contribution in [0.15, 0.2) is 142 Å². The summed E-state index contributed by atoms with van der Waals surface area (Å²) < 4.78 is 6.70. The first-order chi connectivity index (χ1) is 23.6. The summed E-state index contributed by atoms with van der Waals surface area (Å²) in [5.74, 6) is 0.624. The highest BCUT2D eigenvalue weighted by Crippen LogP contribution is 2.34. The van der Waals surface area contributed by atoms with E-state index < -0.39 is 6.09 Å². The number of allylic oxidation sites excluding steroid dienone is 5. The molecule has 1 amide bonds. The standard InChI is InChI=1S/C25H30N3.C16H14N2O2S.ClH/c1-26(2)22-13-7-19(8-14-22)25(20-9-15-23(16-10-20)27(3)4)21-11-17-24(18-12-21)28(5)6;1-20-16(19)18-15-10-11-9-13(7-8-14(11)17-15)21-12-5-3-2-4-6-12;/h7-18H,1-6H3;2-9H,10H2,1H3,(H,17,18,19);1H/q+1;;/p-1. The molecule has 0 atom stereocenters. The fourth-order valence-electron chi connectivity index (χ4n) is 5.39. The maximum absolute atomic E-state index is 11.2. The number of carbonyl (C=O) groups excluding carboxylic acids is 1. The topological polar surface area (TPSA) is 60.2 Å². The number of fused-ring (bicyclic) bond motifs is 1. The average Bonchev–Trinajstić information content (AvgIpc) is 3.51. The van der Waals surface area contributed by atoms with Gasteiger partial charge in [0.1, 0.15) is 19.9 Å². The van der Waals surface area contributed by atoms with Crippen LogP contribution in [0.5, 0.6) is 0 Å². The number of benzene rings is 4. The van der Waals surface area contributed by atoms with Crippen LogP contribution in [0.4, 0.5) is 21.9 Å². The molecule has 4 aromatic carbocycles. The van der Waals surface area contributed by atoms with E-state index in [1.54, 1.807) is 11.8 Å². The Morgan fingerprint density at radius 1 is 0.760 bits per heavy atom. The summed E-state index contributed by atoms with van der Waals surface area (Å²) in [6.07, 6.45) is 8.91. The van der Waals surface area contributed by atoms with E-state index in [1.165, 1.54) is 51.4 Å². The van der Waals surface area contributed by atoms with Crippen molar-refractivity contribution in [3.63, 3.8) is 0 Å². The summed E-state index contributed by atoms with van der Waals surface area (Å²) in [7, 11) is 13.8. The van der Waals surface area contributed by atoms with Gasteiger partial charge in [-0.05, 0) is 94.6 Å². The van der Waals surface area contributed by atoms with Crippen molar-refractivity contribution in [2.24, 2.45) is 4.99 Å². The third-order valence-electron chi connectivity index (χ3n) is 8.09. The van der Waals surface area contributed by atoms with Crippen LogP contribution in [-0.2, 0) is 11.2 Å². The summed E-state index contributed by atoms with van der Waals surface area (Å²) in [6.45, 7) is 0. The van der Waals surface area contributed by atoms with Crippen molar-refractivity contribution in [2.45, 2.75) is 16.2 Å². The lowest BCUT2D eigenvalue weighted by molar-refractivity contribution is -0.462. The number of halogens is 1. The number of hydrogen-bond acceptors (Lipinski definition) is 6. The molecule has 258 valence electrons. The van der Waals surface area contributed by atoms with Crippen LogP contribution in [0.3, 0.4) is 0 Å². The van der Waals surface area contributed by atoms with Gasteiger partial charge in [0.25, 0.3) is 0 Å². The van der Waals surface area contributed by atoms with Crippen LogP contribution in [0.2, 0.25) is 0 Å². The number of alkyl carbamates (subject to hydrolysis) is 1. The molecule has 50 heavy (non-hydrogen) atoms. The van der Waals surface area contributed by atoms with Gasteiger partial charge in [-0.1, -0.05) is 54.2 Å². The van der Waals surface area contributed by atoms with Crippen LogP contribution in [0.1, 0.15) is 16.7 Å². The van der Waals surface area contributed by atoms with Crippen molar-refractivity contribution < 1.29 is 26.5 Å². The van der Waals surface area contributed by atoms with Gasteiger partial charge in [0.15, 0.2) is 5.71 Å². The second-order valence-corrected chi connectivity index (χ2v) is 13.4. The molecule has 0 spiro atoms. The Morgan fingerprint density at radius 2 is 1.32 bits per heavy atom. The molecule has 0 saturated heterocycles. The summed E-state index contributed by atoms with van der Waals surface area (Å²) >= 11 is 1.71. The third kappa shape index (κ3) is 9.77. The monoisotopic (exact) mass is 705 g/mol. The first-order valence-corrected chi connectivity index (χ1v) is 16.9. The number of methoxy groups -OCH3 is 1. The number of aliphatic imine (C=N–C) groups is 1. The Bertz CT molecular complexity index is 1870. The smallest absolute Gasteiger partial charge is 0.412 e. The second-order valence-electron chi connectivity index (χ2n) is 12.3. The number of amidine groups is 1. The van der Waals surface area contributed by atoms with Gasteiger partial charge in [-0.25, -0.2) is 14.4 Å². The number of hydrogen-bond donors (Lipinski definition) is 1. The van der Waals surface area contributed by atoms with Crippen molar-refractivity contribution >= 4 is 52.0 Å². The average molecular weight is 706 g/mol. The predicted octanol–water partition coefficient (Wildman–Crippen LogP) is 5.24. The van der Waals surface area contributed by atoms with Gasteiger partial charge in [-0.3, -0.25) is 5.32 Å². The minimum atomic E-state index is -0.486. The molecule has 9 heteroatoms. The first-order valence-electron chi connectivity index (χ1n) is 16.1. The highest BCUT2D eigenvalue weighted by Gasteiger charge is 2.17. The Balaban J connectivity index is 0.000000229. The first kappa shape index (κ1) is 37.8. The minimum Gasteiger partial charge on any atom is -1.00 e. The van der Waals surface area contributed by atoms with Crippen LogP contribution in [0, 0.1) is 0 Å². The summed E-state index contributed by atoms with van der Waals surface area (Å²) in [5, 5.41) is 2.63. The molecule has 6 rings (SSSR count). The summed E-state index contributed by atoms with van der Waals surface area (Å²) in [4.78, 5) is 22.2. The molecular formula is C41H44ClN5O2S. The normalized spacial score (nSPS) is 12.5. The molecular weight excluding hydrogens is 662 g/mol. The van der Waals surface area contributed by atoms with Gasteiger partial charge in [-0.15, -0.1) is 0 Å². The van der Waals surface area contributed by atoms with E-state index >= 15 is 0 Å². The van der Waals surface area contributed by atoms with Gasteiger partial charge < -0.3 is 26.9 Å². The van der Waals surface area contributed by atoms with Crippen LogP contribution < -0.4 is 27.5 Å². The van der Waals surface area contributed by atoms with Crippen molar-refractivity contribution in [1.82, 2.24) is 5.32 Å². The van der Waals surface area contributed by atoms with Crippen molar-refractivity contribution in [3.8, 4) is 0 Å². The molecule has 7 nitrogen and oxygen atoms in total. The van der Waals surface area contributed by atoms with Crippen molar-refractivity contribution in [3.05, 3.63) is 144 Å². The van der Waals surface area contributed by atoms with Crippen molar-refractivity contribution in [1.29, 1.82) is 0 Å². The Hall–Kier alpha value is -5.05. The minimum absolute atomic E-state index is 0. The van der Waals surface area contributed by atoms with Crippen molar-refractivity contribution in [2.75, 3.05) is 59.2 Å². The van der Waals surface area contributed by atoms with Crippen LogP contribution in [-0.4, -0.2) is 71.6 Å². The van der Waals surface area contributed by atoms with E-state index in [2.05, 4.69) is 163 Å². The molecule has 1 aliphatic carbocycles. The fourth-order valence-corrected chi connectivity index (χ4v) is 6.29. The second kappa shape index (κ2) is 17.6. The summed E-state index contributed by atoms with van der Waals surface area (Å²) in [6, 6.07) is 33.9. The van der Waals surface area contributed by atoms with Gasteiger partial charge in [0.2, 0.25) is 0 Å². The predicted molar refractivity (Wildman–Crippen MR) is 206 cm³/mol. The number of amides is 1. The SMILES string of the molecule is CN(C)c1ccc(C(=C2C=CC(=[N+](C)C)C=C2)c2ccc(N(C)C)cc2)cc1.COC(=O)NC1=Nc2ccc(Sc3ccccc3)cc2C1.[Cl-]. The number of nitrogens with zero attached hydrogens (tertiary/aromatic N) is 4. The van der Waals surface area contributed by atoms with E-state index in [1.807, 2.05) is 30.3 Å². The molecule has 0 unspecified atom stereocenters. The highest BCUT2D eigenvalue weighted by atomic mass is 35.5. The van der Waals surface area contributed by atoms with E-state index in [-0.39, 0.29) is 12.4 Å². The van der Waals surface area contributed by atoms with E-state index in [0.29, 0.717) is 12.3 Å². The molecule has 1 aliphatic heterocycles. The zero-order chi connectivity index (χ0) is 34.9. The van der Waals surface area contributed by atoms with Crippen LogP contribution >= 0.6 is 11.8 Å². The number of ether oxygens (including phenoxy) is 1. The molecule has 0 aromatic heterocycles. The zero-order valence-electron chi connectivity index (χ0n) is 29.6. The van der Waals surface area contributed by atoms with E-state index in [4.69, 9.17) is 0 Å². The number of rotatable bonds is 6. The zero-order valence-corrected chi connectivity index (χ0v) is 31.2. The number of anilines is 2. The van der Waals surface area contributed by atoms with E-state index in [0.717, 1.165) is 16.1 Å². The molecule has 0 saturated carbocycles. The lowest BCUT2D eigenvalue weighted by atomic mass is 9.90. The molecule has 0 radical (unpaired) electrons. The molecule has 4 aromatic rings. The quantitative estimate of drug-likeness (QED) is 0.278. The molecule has 2 aliphatic rings. The molecule has 0 bridgehead atoms. The van der Waals surface area contributed by atoms with Gasteiger partial charge in [0, 0.05) is 67.9 Å². The lowest BCUT2D eigenvalue weighted by Crippen LogP contribution is -3.00. The van der Waals surface area contributed by atoms with Crippen LogP contribution in [0.25, 0.3) is 5.57 Å². The van der Waals surface area contributed by atoms with E-state index in [9.17, 15) is 4.79 Å². The largest absolute Gasteiger partial charge is 1.00 e. The number of carbonyl (C=O) groups is 1. The Labute approximate surface area is 306 Å². The Morgan fingerprint density at radius 3 is 1.82 bits per heavy atom. The molecule has 0 fully saturated rings. The maximum atomic E-state index is 11.2. The van der Waals surface area contributed by atoms with Gasteiger partial charge in [-0.2, -0.15) is 0 Å².